The van der Waals surface area contributed by atoms with Gasteiger partial charge in [-0.1, -0.05) is 0 Å². The second-order valence-electron chi connectivity index (χ2n) is 2.44. The second kappa shape index (κ2) is 4.60. The predicted molar refractivity (Wildman–Crippen MR) is 47.2 cm³/mol. The van der Waals surface area contributed by atoms with Crippen molar-refractivity contribution >= 4 is 34.8 Å². The zero-order chi connectivity index (χ0) is 11.4. The van der Waals surface area contributed by atoms with E-state index in [0.29, 0.717) is 11.8 Å². The lowest BCUT2D eigenvalue weighted by atomic mass is 10.4. The van der Waals surface area contributed by atoms with Crippen LogP contribution < -0.4 is 15.7 Å². The standard InChI is InChI=1S/C7H6N2O5S/c10-4(8-2-5(11)12)1-3-6(13)9-7(14)15-3/h1H,2H2,(H,8,10)(H,11,12)(H,9,13,14)/p-1/b3-1-. The minimum atomic E-state index is -1.44. The van der Waals surface area contributed by atoms with E-state index in [2.05, 4.69) is 0 Å². The van der Waals surface area contributed by atoms with Gasteiger partial charge in [-0.2, -0.15) is 0 Å². The van der Waals surface area contributed by atoms with E-state index in [4.69, 9.17) is 0 Å². The number of aliphatic carboxylic acids is 1. The summed E-state index contributed by atoms with van der Waals surface area (Å²) in [5, 5.41) is 13.3. The number of nitrogens with one attached hydrogen (secondary N) is 2. The van der Waals surface area contributed by atoms with Gasteiger partial charge in [-0.05, 0) is 11.8 Å². The van der Waals surface area contributed by atoms with Crippen LogP contribution in [-0.2, 0) is 14.4 Å². The first-order valence-electron chi connectivity index (χ1n) is 3.71. The molecule has 1 heterocycles. The van der Waals surface area contributed by atoms with Gasteiger partial charge in [-0.25, -0.2) is 0 Å². The Morgan fingerprint density at radius 2 is 2.13 bits per heavy atom. The van der Waals surface area contributed by atoms with Crippen molar-refractivity contribution in [1.29, 1.82) is 0 Å². The number of imide groups is 1. The molecule has 0 atom stereocenters. The zero-order valence-electron chi connectivity index (χ0n) is 7.23. The third-order valence-electron chi connectivity index (χ3n) is 1.31. The lowest BCUT2D eigenvalue weighted by Gasteiger charge is -2.01. The molecule has 1 fully saturated rings. The molecule has 0 saturated carbocycles. The maximum atomic E-state index is 11.0. The third kappa shape index (κ3) is 3.43. The topological polar surface area (TPSA) is 115 Å². The van der Waals surface area contributed by atoms with Gasteiger partial charge >= 0.3 is 0 Å². The number of rotatable bonds is 3. The molecule has 0 aromatic rings. The Hall–Kier alpha value is -1.83. The molecule has 8 heteroatoms. The summed E-state index contributed by atoms with van der Waals surface area (Å²) >= 11 is 0.574. The molecule has 1 saturated heterocycles. The molecule has 3 amide bonds. The molecule has 2 N–H and O–H groups in total. The van der Waals surface area contributed by atoms with Gasteiger partial charge in [0.15, 0.2) is 0 Å². The van der Waals surface area contributed by atoms with Crippen molar-refractivity contribution in [2.75, 3.05) is 6.54 Å². The van der Waals surface area contributed by atoms with E-state index in [1.54, 1.807) is 0 Å². The minimum Gasteiger partial charge on any atom is -0.548 e. The fourth-order valence-corrected chi connectivity index (χ4v) is 1.40. The van der Waals surface area contributed by atoms with E-state index in [9.17, 15) is 24.3 Å². The van der Waals surface area contributed by atoms with Crippen molar-refractivity contribution in [1.82, 2.24) is 10.6 Å². The van der Waals surface area contributed by atoms with Crippen LogP contribution in [0.3, 0.4) is 0 Å². The van der Waals surface area contributed by atoms with Gasteiger partial charge in [0.05, 0.1) is 17.4 Å². The van der Waals surface area contributed by atoms with Crippen LogP contribution in [0.25, 0.3) is 0 Å². The van der Waals surface area contributed by atoms with Crippen molar-refractivity contribution in [3.63, 3.8) is 0 Å². The highest BCUT2D eigenvalue weighted by molar-refractivity contribution is 8.18. The van der Waals surface area contributed by atoms with Crippen LogP contribution in [-0.4, -0.2) is 29.6 Å². The highest BCUT2D eigenvalue weighted by Gasteiger charge is 2.25. The summed E-state index contributed by atoms with van der Waals surface area (Å²) in [5.74, 6) is -2.89. The van der Waals surface area contributed by atoms with Crippen LogP contribution in [0.15, 0.2) is 11.0 Å². The molecule has 7 nitrogen and oxygen atoms in total. The summed E-state index contributed by atoms with van der Waals surface area (Å²) < 4.78 is 0. The number of carboxylic acid groups (broad SMARTS) is 1. The van der Waals surface area contributed by atoms with Crippen LogP contribution >= 0.6 is 11.8 Å². The molecular weight excluding hydrogens is 224 g/mol. The summed E-state index contributed by atoms with van der Waals surface area (Å²) in [6, 6.07) is 0. The predicted octanol–water partition coefficient (Wildman–Crippen LogP) is -2.28. The minimum absolute atomic E-state index is 0.0733. The van der Waals surface area contributed by atoms with Gasteiger partial charge in [0.2, 0.25) is 5.91 Å². The summed E-state index contributed by atoms with van der Waals surface area (Å²) in [6.45, 7) is -0.650. The quantitative estimate of drug-likeness (QED) is 0.527. The van der Waals surface area contributed by atoms with E-state index in [0.717, 1.165) is 6.08 Å². The number of amides is 3. The second-order valence-corrected chi connectivity index (χ2v) is 3.46. The molecule has 0 spiro atoms. The molecule has 1 aliphatic rings. The summed E-state index contributed by atoms with van der Waals surface area (Å²) in [5.41, 5.74) is 0. The van der Waals surface area contributed by atoms with E-state index < -0.39 is 29.6 Å². The van der Waals surface area contributed by atoms with Crippen LogP contribution in [0.5, 0.6) is 0 Å². The molecule has 0 aromatic heterocycles. The Morgan fingerprint density at radius 3 is 2.60 bits per heavy atom. The Kier molecular flexibility index (Phi) is 3.45. The first-order valence-corrected chi connectivity index (χ1v) is 4.53. The molecule has 1 aliphatic heterocycles. The van der Waals surface area contributed by atoms with Gasteiger partial charge < -0.3 is 15.2 Å². The maximum Gasteiger partial charge on any atom is 0.290 e. The molecule has 1 rings (SSSR count). The van der Waals surface area contributed by atoms with E-state index in [1.807, 2.05) is 10.6 Å². The van der Waals surface area contributed by atoms with E-state index in [-0.39, 0.29) is 4.91 Å². The molecule has 15 heavy (non-hydrogen) atoms. The Balaban J connectivity index is 2.55. The number of hydrogen-bond donors (Lipinski definition) is 2. The van der Waals surface area contributed by atoms with Crippen molar-refractivity contribution in [2.45, 2.75) is 0 Å². The maximum absolute atomic E-state index is 11.0. The Labute approximate surface area is 87.9 Å². The molecule has 0 aromatic carbocycles. The lowest BCUT2D eigenvalue weighted by molar-refractivity contribution is -0.303. The van der Waals surface area contributed by atoms with E-state index >= 15 is 0 Å². The molecule has 0 aliphatic carbocycles. The Morgan fingerprint density at radius 1 is 1.47 bits per heavy atom. The molecular formula is C7H5N2O5S-. The average Bonchev–Trinajstić information content (AvgIpc) is 2.42. The summed E-state index contributed by atoms with van der Waals surface area (Å²) in [6.07, 6.45) is 0.855. The number of carbonyl (C=O) groups is 4. The van der Waals surface area contributed by atoms with Crippen LogP contribution in [0.4, 0.5) is 4.79 Å². The monoisotopic (exact) mass is 229 g/mol. The zero-order valence-corrected chi connectivity index (χ0v) is 8.05. The first-order chi connectivity index (χ1) is 6.99. The largest absolute Gasteiger partial charge is 0.548 e. The highest BCUT2D eigenvalue weighted by atomic mass is 32.2. The van der Waals surface area contributed by atoms with Gasteiger partial charge in [0.25, 0.3) is 11.1 Å². The fourth-order valence-electron chi connectivity index (χ4n) is 0.750. The SMILES string of the molecule is O=C([O-])CNC(=O)/C=C1\SC(=O)NC1=O. The Bertz CT molecular complexity index is 376. The smallest absolute Gasteiger partial charge is 0.290 e. The van der Waals surface area contributed by atoms with Crippen molar-refractivity contribution in [2.24, 2.45) is 0 Å². The molecule has 0 unspecified atom stereocenters. The summed E-state index contributed by atoms with van der Waals surface area (Å²) in [7, 11) is 0. The number of carboxylic acids is 1. The number of hydrogen-bond acceptors (Lipinski definition) is 6. The fraction of sp³-hybridized carbons (Fsp3) is 0.143. The van der Waals surface area contributed by atoms with Gasteiger partial charge in [-0.15, -0.1) is 0 Å². The first kappa shape index (κ1) is 11.2. The number of thioether (sulfide) groups is 1. The normalized spacial score (nSPS) is 17.7. The third-order valence-corrected chi connectivity index (χ3v) is 2.12. The van der Waals surface area contributed by atoms with Crippen molar-refractivity contribution in [3.05, 3.63) is 11.0 Å². The van der Waals surface area contributed by atoms with Crippen LogP contribution in [0.1, 0.15) is 0 Å². The van der Waals surface area contributed by atoms with Gasteiger partial charge in [0, 0.05) is 6.08 Å². The number of carbonyl (C=O) groups excluding carboxylic acids is 4. The molecule has 0 bridgehead atoms. The summed E-state index contributed by atoms with van der Waals surface area (Å²) in [4.78, 5) is 42.5. The van der Waals surface area contributed by atoms with E-state index in [1.165, 1.54) is 0 Å². The van der Waals surface area contributed by atoms with Gasteiger partial charge in [-0.3, -0.25) is 19.7 Å². The van der Waals surface area contributed by atoms with Crippen molar-refractivity contribution < 1.29 is 24.3 Å². The van der Waals surface area contributed by atoms with Crippen LogP contribution in [0.2, 0.25) is 0 Å². The lowest BCUT2D eigenvalue weighted by Crippen LogP contribution is -2.37. The molecule has 0 radical (unpaired) electrons. The van der Waals surface area contributed by atoms with Gasteiger partial charge in [0.1, 0.15) is 0 Å². The van der Waals surface area contributed by atoms with Crippen LogP contribution in [0, 0.1) is 0 Å². The average molecular weight is 229 g/mol. The van der Waals surface area contributed by atoms with Crippen molar-refractivity contribution in [3.8, 4) is 0 Å². The highest BCUT2D eigenvalue weighted by Crippen LogP contribution is 2.22. The molecule has 80 valence electrons.